The van der Waals surface area contributed by atoms with Crippen LogP contribution < -0.4 is 69.5 Å². The van der Waals surface area contributed by atoms with Crippen molar-refractivity contribution in [3.05, 3.63) is 54.1 Å². The second kappa shape index (κ2) is 43.7. The standard InChI is InChI=1S/C66H107N15O18S/c1-14-37(12)53(64(96)71-42(20-21-50(85)86)57(89)75-46(66(98)99)24-34(6)7)78-49(84)28-69-56(88)44(25-39-18-16-15-17-19-39)72-59(91)45(26-40-27-68-31-70-40)73-61(93)48(30-100)77-62(94)51(35(8)9)80-60(92)47(29-82)76-58(90)43(23-33(4)5)74-65(97)54(38(13)83)81-63(95)52(36(10)11)79-55(87)41(67)22-32(2)3/h15-19,27,31-38,41-48,51-54,82-83,100H,14,20-26,28-30,67H2,1-13H3,(H,68,70)(H,69,88)(H,71,96)(H,72,91)(H,73,93)(H,74,97)(H,75,89)(H,76,90)(H,77,94)(H,78,84)(H,79,87)(H,80,92)(H,81,95)(H,85,86)(H,98,99)/t37-,38+,41-,42-,43-,44-,45-,46-,47-,48-,51-,52-,53-,54-/m0/s1. The van der Waals surface area contributed by atoms with Crippen molar-refractivity contribution in [2.24, 2.45) is 41.2 Å². The number of aliphatic hydroxyl groups excluding tert-OH is 2. The maximum absolute atomic E-state index is 14.5. The summed E-state index contributed by atoms with van der Waals surface area (Å²) < 4.78 is 0. The normalized spacial score (nSPS) is 15.6. The third-order valence-electron chi connectivity index (χ3n) is 16.0. The van der Waals surface area contributed by atoms with E-state index in [1.165, 1.54) is 19.4 Å². The third-order valence-corrected chi connectivity index (χ3v) is 16.3. The molecule has 0 unspecified atom stereocenters. The first-order valence-electron chi connectivity index (χ1n) is 33.6. The van der Waals surface area contributed by atoms with Gasteiger partial charge in [-0.3, -0.25) is 62.3 Å². The van der Waals surface area contributed by atoms with Gasteiger partial charge in [-0.15, -0.1) is 0 Å². The summed E-state index contributed by atoms with van der Waals surface area (Å²) in [5.74, 6) is -16.2. The average Bonchev–Trinajstić information content (AvgIpc) is 0.863. The number of benzene rings is 1. The molecule has 0 bridgehead atoms. The predicted molar refractivity (Wildman–Crippen MR) is 369 cm³/mol. The molecule has 14 atom stereocenters. The number of nitrogens with one attached hydrogen (secondary N) is 13. The molecule has 0 saturated carbocycles. The Hall–Kier alpha value is -8.76. The number of aromatic amines is 1. The highest BCUT2D eigenvalue weighted by molar-refractivity contribution is 7.80. The van der Waals surface area contributed by atoms with Crippen LogP contribution in [0.15, 0.2) is 42.9 Å². The van der Waals surface area contributed by atoms with E-state index in [-0.39, 0.29) is 49.2 Å². The molecular weight excluding hydrogens is 1320 g/mol. The number of aliphatic hydroxyl groups is 2. The summed E-state index contributed by atoms with van der Waals surface area (Å²) >= 11 is 4.30. The van der Waals surface area contributed by atoms with Crippen LogP contribution in [-0.4, -0.2) is 211 Å². The number of amides is 12. The van der Waals surface area contributed by atoms with Crippen LogP contribution in [-0.2, 0) is 80.0 Å². The Morgan fingerprint density at radius 1 is 0.500 bits per heavy atom. The molecule has 2 rings (SSSR count). The predicted octanol–water partition coefficient (Wildman–Crippen LogP) is -2.28. The van der Waals surface area contributed by atoms with Gasteiger partial charge in [-0.05, 0) is 73.7 Å². The Morgan fingerprint density at radius 2 is 0.940 bits per heavy atom. The summed E-state index contributed by atoms with van der Waals surface area (Å²) in [6.07, 6.45) is 0.306. The van der Waals surface area contributed by atoms with Gasteiger partial charge in [-0.1, -0.05) is 120 Å². The van der Waals surface area contributed by atoms with Crippen molar-refractivity contribution < 1.29 is 87.5 Å². The van der Waals surface area contributed by atoms with Crippen LogP contribution in [0.3, 0.4) is 0 Å². The lowest BCUT2D eigenvalue weighted by Gasteiger charge is -2.30. The number of aliphatic carboxylic acids is 2. The maximum Gasteiger partial charge on any atom is 0.326 e. The summed E-state index contributed by atoms with van der Waals surface area (Å²) in [4.78, 5) is 197. The van der Waals surface area contributed by atoms with Gasteiger partial charge in [0, 0.05) is 36.9 Å². The minimum absolute atomic E-state index is 0.0285. The Labute approximate surface area is 588 Å². The fraction of sp³-hybridized carbons (Fsp3) is 0.652. The van der Waals surface area contributed by atoms with Gasteiger partial charge in [0.05, 0.1) is 31.6 Å². The van der Waals surface area contributed by atoms with Crippen LogP contribution in [0.5, 0.6) is 0 Å². The number of aromatic nitrogens is 2. The number of carboxylic acids is 2. The van der Waals surface area contributed by atoms with E-state index in [9.17, 15) is 87.5 Å². The van der Waals surface area contributed by atoms with Crippen molar-refractivity contribution in [3.63, 3.8) is 0 Å². The van der Waals surface area contributed by atoms with E-state index < -0.39 is 205 Å². The number of carbonyl (C=O) groups excluding carboxylic acids is 12. The van der Waals surface area contributed by atoms with Gasteiger partial charge in [-0.2, -0.15) is 12.6 Å². The first kappa shape index (κ1) is 87.3. The molecule has 34 heteroatoms. The first-order valence-corrected chi connectivity index (χ1v) is 34.2. The molecule has 0 aliphatic rings. The number of imidazole rings is 1. The van der Waals surface area contributed by atoms with E-state index in [1.54, 1.807) is 99.6 Å². The summed E-state index contributed by atoms with van der Waals surface area (Å²) in [5.41, 5.74) is 6.92. The second-order valence-corrected chi connectivity index (χ2v) is 27.2. The summed E-state index contributed by atoms with van der Waals surface area (Å²) in [5, 5.41) is 70.3. The quantitative estimate of drug-likeness (QED) is 0.0311. The van der Waals surface area contributed by atoms with Crippen molar-refractivity contribution in [3.8, 4) is 0 Å². The number of carbonyl (C=O) groups is 14. The zero-order valence-corrected chi connectivity index (χ0v) is 60.2. The summed E-state index contributed by atoms with van der Waals surface area (Å²) in [6.45, 7) is 19.8. The van der Waals surface area contributed by atoms with Crippen molar-refractivity contribution >= 4 is 95.5 Å². The molecule has 1 aromatic heterocycles. The van der Waals surface area contributed by atoms with Gasteiger partial charge in [0.25, 0.3) is 0 Å². The molecule has 1 aromatic carbocycles. The fourth-order valence-corrected chi connectivity index (χ4v) is 10.4. The number of hydrogen-bond acceptors (Lipinski definition) is 19. The number of thiol groups is 1. The molecule has 2 aromatic rings. The molecule has 19 N–H and O–H groups in total. The molecule has 0 aliphatic heterocycles. The first-order chi connectivity index (χ1) is 46.8. The molecule has 0 radical (unpaired) electrons. The highest BCUT2D eigenvalue weighted by atomic mass is 32.1. The average molecular weight is 1430 g/mol. The molecule has 0 saturated heterocycles. The lowest BCUT2D eigenvalue weighted by atomic mass is 9.97. The number of nitrogens with zero attached hydrogens (tertiary/aromatic N) is 1. The molecule has 560 valence electrons. The maximum atomic E-state index is 14.5. The molecular formula is C66H107N15O18S. The number of H-pyrrole nitrogens is 1. The number of nitrogens with two attached hydrogens (primary N) is 1. The van der Waals surface area contributed by atoms with E-state index in [1.807, 2.05) is 13.8 Å². The van der Waals surface area contributed by atoms with Crippen LogP contribution in [0.1, 0.15) is 140 Å². The van der Waals surface area contributed by atoms with Crippen LogP contribution in [0.25, 0.3) is 0 Å². The molecule has 0 spiro atoms. The van der Waals surface area contributed by atoms with E-state index in [2.05, 4.69) is 86.4 Å². The van der Waals surface area contributed by atoms with E-state index in [4.69, 9.17) is 5.73 Å². The van der Waals surface area contributed by atoms with Gasteiger partial charge in [0.2, 0.25) is 70.9 Å². The Bertz CT molecular complexity index is 3050. The van der Waals surface area contributed by atoms with Crippen LogP contribution in [0.2, 0.25) is 0 Å². The summed E-state index contributed by atoms with van der Waals surface area (Å²) in [6, 6.07) is -8.74. The SMILES string of the molecule is CC[C@H](C)[C@H](NC(=O)CNC(=O)[C@H](Cc1ccccc1)NC(=O)[C@H](Cc1cnc[nH]1)NC(=O)[C@H](CS)NC(=O)[C@@H](NC(=O)[C@H](CO)NC(=O)[C@H](CC(C)C)NC(=O)[C@@H](NC(=O)[C@@H](NC(=O)[C@@H](N)CC(C)C)C(C)C)[C@@H](C)O)C(C)C)C(=O)N[C@@H](CCC(=O)O)C(=O)N[C@@H](CC(C)C)C(=O)O. The van der Waals surface area contributed by atoms with Crippen LogP contribution >= 0.6 is 12.6 Å². The van der Waals surface area contributed by atoms with E-state index in [0.717, 1.165) is 0 Å². The monoisotopic (exact) mass is 1430 g/mol. The highest BCUT2D eigenvalue weighted by Gasteiger charge is 2.39. The number of hydrogen-bond donors (Lipinski definition) is 19. The largest absolute Gasteiger partial charge is 0.481 e. The Kier molecular flexibility index (Phi) is 38.2. The van der Waals surface area contributed by atoms with Gasteiger partial charge >= 0.3 is 11.9 Å². The van der Waals surface area contributed by atoms with E-state index >= 15 is 0 Å². The topological polar surface area (TPSA) is 519 Å². The molecule has 0 aliphatic carbocycles. The van der Waals surface area contributed by atoms with Gasteiger partial charge in [0.15, 0.2) is 0 Å². The second-order valence-electron chi connectivity index (χ2n) is 26.9. The zero-order chi connectivity index (χ0) is 75.8. The molecule has 100 heavy (non-hydrogen) atoms. The molecule has 33 nitrogen and oxygen atoms in total. The highest BCUT2D eigenvalue weighted by Crippen LogP contribution is 2.15. The zero-order valence-electron chi connectivity index (χ0n) is 59.3. The van der Waals surface area contributed by atoms with Crippen molar-refractivity contribution in [1.29, 1.82) is 0 Å². The Balaban J connectivity index is 2.36. The van der Waals surface area contributed by atoms with Crippen molar-refractivity contribution in [1.82, 2.24) is 73.8 Å². The third kappa shape index (κ3) is 30.8. The van der Waals surface area contributed by atoms with Gasteiger partial charge in [-0.25, -0.2) is 9.78 Å². The summed E-state index contributed by atoms with van der Waals surface area (Å²) in [7, 11) is 0. The van der Waals surface area contributed by atoms with Crippen LogP contribution in [0, 0.1) is 35.5 Å². The number of rotatable bonds is 45. The minimum Gasteiger partial charge on any atom is -0.481 e. The smallest absolute Gasteiger partial charge is 0.326 e. The van der Waals surface area contributed by atoms with Crippen LogP contribution in [0.4, 0.5) is 0 Å². The van der Waals surface area contributed by atoms with Gasteiger partial charge < -0.3 is 94.9 Å². The molecule has 0 fully saturated rings. The molecule has 12 amide bonds. The van der Waals surface area contributed by atoms with Crippen molar-refractivity contribution in [2.45, 2.75) is 220 Å². The lowest BCUT2D eigenvalue weighted by Crippen LogP contribution is -2.63. The van der Waals surface area contributed by atoms with Gasteiger partial charge in [0.1, 0.15) is 66.5 Å². The minimum atomic E-state index is -1.74. The fourth-order valence-electron chi connectivity index (χ4n) is 10.1. The lowest BCUT2D eigenvalue weighted by molar-refractivity contribution is -0.143. The van der Waals surface area contributed by atoms with E-state index in [0.29, 0.717) is 24.1 Å². The van der Waals surface area contributed by atoms with Crippen molar-refractivity contribution in [2.75, 3.05) is 18.9 Å². The number of carboxylic acid groups (broad SMARTS) is 2. The molecule has 1 heterocycles. The Morgan fingerprint density at radius 3 is 1.44 bits per heavy atom.